The van der Waals surface area contributed by atoms with Crippen LogP contribution >= 0.6 is 0 Å². The lowest BCUT2D eigenvalue weighted by molar-refractivity contribution is -0.116. The van der Waals surface area contributed by atoms with Crippen molar-refractivity contribution in [1.82, 2.24) is 19.3 Å². The fourth-order valence-corrected chi connectivity index (χ4v) is 3.61. The number of carbonyl (C=O) groups is 1. The highest BCUT2D eigenvalue weighted by Crippen LogP contribution is 2.21. The third kappa shape index (κ3) is 3.80. The number of carbonyl (C=O) groups excluding carboxylic acids is 1. The van der Waals surface area contributed by atoms with Gasteiger partial charge in [-0.2, -0.15) is 4.98 Å². The Balaban J connectivity index is 1.77. The van der Waals surface area contributed by atoms with Gasteiger partial charge in [-0.3, -0.25) is 18.7 Å². The van der Waals surface area contributed by atoms with Gasteiger partial charge in [0.05, 0.1) is 0 Å². The molecule has 0 atom stereocenters. The number of aryl methyl sites for hydroxylation is 1. The van der Waals surface area contributed by atoms with E-state index >= 15 is 0 Å². The predicted octanol–water partition coefficient (Wildman–Crippen LogP) is 1.87. The van der Waals surface area contributed by atoms with Crippen molar-refractivity contribution in [3.63, 3.8) is 0 Å². The van der Waals surface area contributed by atoms with Gasteiger partial charge < -0.3 is 9.84 Å². The van der Waals surface area contributed by atoms with Crippen LogP contribution in [0.3, 0.4) is 0 Å². The number of aromatic nitrogens is 4. The maximum Gasteiger partial charge on any atom is 0.331 e. The fourth-order valence-electron chi connectivity index (χ4n) is 3.61. The van der Waals surface area contributed by atoms with Crippen molar-refractivity contribution in [3.05, 3.63) is 62.5 Å². The third-order valence-electron chi connectivity index (χ3n) is 5.01. The van der Waals surface area contributed by atoms with E-state index in [0.29, 0.717) is 30.2 Å². The number of nitrogens with zero attached hydrogens (tertiary/aromatic N) is 4. The maximum absolute atomic E-state index is 13.2. The molecule has 1 aromatic carbocycles. The van der Waals surface area contributed by atoms with Crippen molar-refractivity contribution in [1.29, 1.82) is 0 Å². The molecule has 1 aliphatic rings. The number of fused-ring (bicyclic) bond motifs is 1. The van der Waals surface area contributed by atoms with Crippen LogP contribution in [0.1, 0.15) is 30.8 Å². The van der Waals surface area contributed by atoms with Crippen molar-refractivity contribution in [2.75, 3.05) is 5.32 Å². The molecule has 3 heterocycles. The Morgan fingerprint density at radius 1 is 1.20 bits per heavy atom. The van der Waals surface area contributed by atoms with E-state index in [2.05, 4.69) is 15.5 Å². The number of nitrogens with one attached hydrogen (secondary N) is 1. The number of amides is 1. The van der Waals surface area contributed by atoms with Gasteiger partial charge in [-0.05, 0) is 43.5 Å². The summed E-state index contributed by atoms with van der Waals surface area (Å²) in [6.45, 7) is 1.57. The Kier molecular flexibility index (Phi) is 5.30. The Morgan fingerprint density at radius 3 is 2.67 bits per heavy atom. The van der Waals surface area contributed by atoms with Crippen LogP contribution in [0, 0.1) is 12.7 Å². The summed E-state index contributed by atoms with van der Waals surface area (Å²) in [6, 6.07) is 5.20. The smallest absolute Gasteiger partial charge is 0.331 e. The van der Waals surface area contributed by atoms with Crippen molar-refractivity contribution in [3.8, 4) is 11.4 Å². The number of hydrogen-bond donors (Lipinski definition) is 1. The van der Waals surface area contributed by atoms with Gasteiger partial charge in [-0.15, -0.1) is 0 Å². The molecule has 1 amide bonds. The lowest BCUT2D eigenvalue weighted by Gasteiger charge is -2.16. The summed E-state index contributed by atoms with van der Waals surface area (Å²) in [5.41, 5.74) is -0.0712. The zero-order valence-corrected chi connectivity index (χ0v) is 16.4. The Morgan fingerprint density at radius 2 is 1.97 bits per heavy atom. The van der Waals surface area contributed by atoms with Gasteiger partial charge in [0.15, 0.2) is 0 Å². The molecule has 0 aliphatic carbocycles. The molecule has 9 nitrogen and oxygen atoms in total. The van der Waals surface area contributed by atoms with Crippen LogP contribution in [0.2, 0.25) is 0 Å². The first-order chi connectivity index (χ1) is 14.4. The molecular weight excluding hydrogens is 393 g/mol. The summed E-state index contributed by atoms with van der Waals surface area (Å²) in [5.74, 6) is -0.613. The van der Waals surface area contributed by atoms with Gasteiger partial charge in [0.25, 0.3) is 5.56 Å². The first-order valence-corrected chi connectivity index (χ1v) is 9.66. The van der Waals surface area contributed by atoms with Gasteiger partial charge in [0.2, 0.25) is 17.6 Å². The monoisotopic (exact) mass is 413 g/mol. The molecule has 156 valence electrons. The minimum absolute atomic E-state index is 0.107. The number of rotatable bonds is 4. The van der Waals surface area contributed by atoms with Gasteiger partial charge in [0.1, 0.15) is 17.9 Å². The molecule has 0 saturated heterocycles. The van der Waals surface area contributed by atoms with E-state index in [0.717, 1.165) is 23.8 Å². The van der Waals surface area contributed by atoms with Crippen molar-refractivity contribution in [2.45, 2.75) is 45.7 Å². The number of benzene rings is 1. The van der Waals surface area contributed by atoms with E-state index in [9.17, 15) is 18.8 Å². The second-order valence-corrected chi connectivity index (χ2v) is 7.15. The van der Waals surface area contributed by atoms with Crippen LogP contribution in [0.15, 0.2) is 38.4 Å². The summed E-state index contributed by atoms with van der Waals surface area (Å²) in [7, 11) is 0. The van der Waals surface area contributed by atoms with E-state index in [1.165, 1.54) is 28.8 Å². The molecule has 0 saturated carbocycles. The van der Waals surface area contributed by atoms with Crippen molar-refractivity contribution < 1.29 is 13.7 Å². The van der Waals surface area contributed by atoms with Crippen LogP contribution in [-0.4, -0.2) is 25.2 Å². The van der Waals surface area contributed by atoms with E-state index < -0.39 is 29.5 Å². The maximum atomic E-state index is 13.2. The van der Waals surface area contributed by atoms with Gasteiger partial charge in [0, 0.05) is 24.8 Å². The Bertz CT molecular complexity index is 1210. The number of anilines is 1. The Hall–Kier alpha value is -3.56. The molecule has 0 unspecified atom stereocenters. The SMILES string of the molecule is Cc1nc(-c2c3n(c(=O)n(CC(=O)Nc4ccc(F)cc4)c2=O)CCCCC3)no1. The van der Waals surface area contributed by atoms with Crippen LogP contribution in [0.25, 0.3) is 11.4 Å². The quantitative estimate of drug-likeness (QED) is 0.699. The van der Waals surface area contributed by atoms with Crippen molar-refractivity contribution in [2.24, 2.45) is 0 Å². The van der Waals surface area contributed by atoms with E-state index in [1.807, 2.05) is 0 Å². The molecule has 1 N–H and O–H groups in total. The molecule has 10 heteroatoms. The summed E-state index contributed by atoms with van der Waals surface area (Å²) in [6.07, 6.45) is 3.08. The van der Waals surface area contributed by atoms with Crippen LogP contribution in [0.5, 0.6) is 0 Å². The summed E-state index contributed by atoms with van der Waals surface area (Å²) in [4.78, 5) is 42.9. The van der Waals surface area contributed by atoms with Gasteiger partial charge >= 0.3 is 5.69 Å². The summed E-state index contributed by atoms with van der Waals surface area (Å²) in [5, 5.41) is 6.43. The lowest BCUT2D eigenvalue weighted by atomic mass is 10.1. The average molecular weight is 413 g/mol. The highest BCUT2D eigenvalue weighted by Gasteiger charge is 2.25. The van der Waals surface area contributed by atoms with Crippen molar-refractivity contribution >= 4 is 11.6 Å². The van der Waals surface area contributed by atoms with Crippen LogP contribution < -0.4 is 16.6 Å². The predicted molar refractivity (Wildman–Crippen MR) is 106 cm³/mol. The number of hydrogen-bond acceptors (Lipinski definition) is 6. The third-order valence-corrected chi connectivity index (χ3v) is 5.01. The molecule has 0 radical (unpaired) electrons. The van der Waals surface area contributed by atoms with Gasteiger partial charge in [-0.1, -0.05) is 11.6 Å². The first kappa shape index (κ1) is 19.7. The fraction of sp³-hybridized carbons (Fsp3) is 0.350. The minimum atomic E-state index is -0.636. The second kappa shape index (κ2) is 8.05. The molecular formula is C20H20FN5O4. The molecule has 0 fully saturated rings. The first-order valence-electron chi connectivity index (χ1n) is 9.66. The van der Waals surface area contributed by atoms with E-state index in [1.54, 1.807) is 6.92 Å². The largest absolute Gasteiger partial charge is 0.339 e. The molecule has 2 aromatic heterocycles. The second-order valence-electron chi connectivity index (χ2n) is 7.15. The molecule has 1 aliphatic heterocycles. The van der Waals surface area contributed by atoms with Gasteiger partial charge in [-0.25, -0.2) is 9.18 Å². The molecule has 4 rings (SSSR count). The Labute approximate surface area is 170 Å². The zero-order valence-electron chi connectivity index (χ0n) is 16.4. The minimum Gasteiger partial charge on any atom is -0.339 e. The molecule has 30 heavy (non-hydrogen) atoms. The normalized spacial score (nSPS) is 13.5. The highest BCUT2D eigenvalue weighted by atomic mass is 19.1. The van der Waals surface area contributed by atoms with Crippen LogP contribution in [-0.2, 0) is 24.3 Å². The highest BCUT2D eigenvalue weighted by molar-refractivity contribution is 5.90. The lowest BCUT2D eigenvalue weighted by Crippen LogP contribution is -2.44. The number of halogens is 1. The zero-order chi connectivity index (χ0) is 21.3. The van der Waals surface area contributed by atoms with E-state index in [-0.39, 0.29) is 11.4 Å². The van der Waals surface area contributed by atoms with E-state index in [4.69, 9.17) is 4.52 Å². The topological polar surface area (TPSA) is 112 Å². The summed E-state index contributed by atoms with van der Waals surface area (Å²) < 4.78 is 20.5. The molecule has 0 spiro atoms. The van der Waals surface area contributed by atoms with Crippen LogP contribution in [0.4, 0.5) is 10.1 Å². The molecule has 0 bridgehead atoms. The standard InChI is InChI=1S/C20H20FN5O4/c1-12-22-18(24-30-12)17-15-5-3-2-4-10-25(15)20(29)26(19(17)28)11-16(27)23-14-8-6-13(21)7-9-14/h6-9H,2-5,10-11H2,1H3,(H,23,27). The molecule has 3 aromatic rings. The summed E-state index contributed by atoms with van der Waals surface area (Å²) >= 11 is 0. The average Bonchev–Trinajstić information content (AvgIpc) is 2.99.